The molecule has 5 rings (SSSR count). The third kappa shape index (κ3) is 14.4. The molecule has 0 atom stereocenters. The van der Waals surface area contributed by atoms with Crippen molar-refractivity contribution in [1.82, 2.24) is 30.8 Å². The highest BCUT2D eigenvalue weighted by Crippen LogP contribution is 2.12. The Labute approximate surface area is 276 Å². The number of hydrazine groups is 1. The van der Waals surface area contributed by atoms with Gasteiger partial charge >= 0.3 is 0 Å². The molecule has 5 heterocycles. The maximum Gasteiger partial charge on any atom is 0.192 e. The standard InChI is InChI=1S/C17H20N6.C11H14N2.C6H4N2.H4N2.H2O/c1-2-3-4-8-13-9-7-12-19-15(13)17-22-20-16(21-23-17)14-10-5-6-11-18-14;1-2-3-4-6-10-7-5-8-13-11(10)9-12;7-5-6-3-1-2-4-8-6;1-2;/h5-7,9-12H,2-4,8H2,1H3,(H,20,21)(H,22,23);5,7-8H,2-4,6H2,1H3;1-4H;1-2H2;1H2. The maximum absolute atomic E-state index is 8.76. The number of hydrogen-bond donors (Lipinski definition) is 4. The predicted molar refractivity (Wildman–Crippen MR) is 184 cm³/mol. The average molecular weight is 637 g/mol. The first-order chi connectivity index (χ1) is 22.7. The molecule has 0 radical (unpaired) electrons. The van der Waals surface area contributed by atoms with Crippen molar-refractivity contribution in [2.45, 2.75) is 65.2 Å². The number of aryl methyl sites for hydroxylation is 2. The van der Waals surface area contributed by atoms with Crippen molar-refractivity contribution in [3.8, 4) is 12.1 Å². The van der Waals surface area contributed by atoms with Gasteiger partial charge in [-0.15, -0.1) is 0 Å². The monoisotopic (exact) mass is 636 g/mol. The number of aromatic nitrogens is 4. The first-order valence-corrected chi connectivity index (χ1v) is 15.2. The summed E-state index contributed by atoms with van der Waals surface area (Å²) >= 11 is 0. The summed E-state index contributed by atoms with van der Waals surface area (Å²) in [5, 5.41) is 25.7. The van der Waals surface area contributed by atoms with E-state index in [2.05, 4.69) is 78.7 Å². The Balaban J connectivity index is 0.000000388. The molecule has 13 heteroatoms. The van der Waals surface area contributed by atoms with E-state index in [4.69, 9.17) is 10.5 Å². The van der Waals surface area contributed by atoms with E-state index in [9.17, 15) is 0 Å². The molecule has 0 amide bonds. The largest absolute Gasteiger partial charge is 0.412 e. The fraction of sp³-hybridized carbons (Fsp3) is 0.294. The molecular weight excluding hydrogens is 592 g/mol. The molecule has 0 aliphatic carbocycles. The first kappa shape index (κ1) is 39.4. The van der Waals surface area contributed by atoms with Crippen molar-refractivity contribution in [1.29, 1.82) is 10.5 Å². The number of hydrogen-bond acceptors (Lipinski definition) is 12. The highest BCUT2D eigenvalue weighted by atomic mass is 16.0. The zero-order valence-electron chi connectivity index (χ0n) is 27.0. The van der Waals surface area contributed by atoms with Crippen LogP contribution in [0.5, 0.6) is 0 Å². The second-order valence-corrected chi connectivity index (χ2v) is 9.73. The molecule has 0 unspecified atom stereocenters. The van der Waals surface area contributed by atoms with E-state index >= 15 is 0 Å². The number of unbranched alkanes of at least 4 members (excludes halogenated alkanes) is 4. The van der Waals surface area contributed by atoms with E-state index in [1.165, 1.54) is 31.2 Å². The smallest absolute Gasteiger partial charge is 0.192 e. The molecule has 4 aromatic heterocycles. The quantitative estimate of drug-likeness (QED) is 0.111. The Morgan fingerprint density at radius 2 is 1.19 bits per heavy atom. The van der Waals surface area contributed by atoms with E-state index in [-0.39, 0.29) is 5.48 Å². The molecular formula is C34H44N12O. The Morgan fingerprint density at radius 1 is 0.617 bits per heavy atom. The lowest BCUT2D eigenvalue weighted by molar-refractivity contribution is 0.714. The zero-order chi connectivity index (χ0) is 33.2. The highest BCUT2D eigenvalue weighted by Gasteiger charge is 2.15. The molecule has 0 bridgehead atoms. The summed E-state index contributed by atoms with van der Waals surface area (Å²) in [5.41, 5.74) is 10.8. The van der Waals surface area contributed by atoms with Crippen molar-refractivity contribution in [2.24, 2.45) is 21.9 Å². The zero-order valence-corrected chi connectivity index (χ0v) is 27.0. The summed E-state index contributed by atoms with van der Waals surface area (Å²) in [4.78, 5) is 16.5. The Kier molecular flexibility index (Phi) is 20.7. The van der Waals surface area contributed by atoms with Gasteiger partial charge in [0.1, 0.15) is 34.9 Å². The van der Waals surface area contributed by atoms with Gasteiger partial charge in [0, 0.05) is 24.8 Å². The molecule has 1 aliphatic rings. The number of nitrogens with zero attached hydrogens (tertiary/aromatic N) is 8. The van der Waals surface area contributed by atoms with Crippen LogP contribution in [0.3, 0.4) is 0 Å². The van der Waals surface area contributed by atoms with Crippen LogP contribution >= 0.6 is 0 Å². The summed E-state index contributed by atoms with van der Waals surface area (Å²) in [6, 6.07) is 22.9. The van der Waals surface area contributed by atoms with Crippen LogP contribution in [0.1, 0.15) is 86.3 Å². The van der Waals surface area contributed by atoms with Crippen LogP contribution in [0.2, 0.25) is 0 Å². The average Bonchev–Trinajstić information content (AvgIpc) is 3.14. The number of nitriles is 2. The van der Waals surface area contributed by atoms with Crippen LogP contribution in [0.25, 0.3) is 0 Å². The number of pyridine rings is 4. The van der Waals surface area contributed by atoms with Crippen molar-refractivity contribution in [3.63, 3.8) is 0 Å². The van der Waals surface area contributed by atoms with Crippen LogP contribution in [-0.2, 0) is 12.8 Å². The first-order valence-electron chi connectivity index (χ1n) is 15.2. The minimum atomic E-state index is 0. The van der Waals surface area contributed by atoms with Gasteiger partial charge in [0.25, 0.3) is 0 Å². The van der Waals surface area contributed by atoms with Gasteiger partial charge in [-0.2, -0.15) is 20.7 Å². The van der Waals surface area contributed by atoms with Crippen LogP contribution in [0.15, 0.2) is 95.7 Å². The molecule has 0 spiro atoms. The Bertz CT molecular complexity index is 1570. The molecule has 0 saturated carbocycles. The predicted octanol–water partition coefficient (Wildman–Crippen LogP) is 4.06. The molecule has 13 nitrogen and oxygen atoms in total. The maximum atomic E-state index is 8.76. The Morgan fingerprint density at radius 3 is 1.72 bits per heavy atom. The van der Waals surface area contributed by atoms with E-state index < -0.39 is 0 Å². The van der Waals surface area contributed by atoms with Gasteiger partial charge in [-0.1, -0.05) is 63.8 Å². The Hall–Kier alpha value is -5.60. The lowest BCUT2D eigenvalue weighted by atomic mass is 10.1. The van der Waals surface area contributed by atoms with Gasteiger partial charge in [0.2, 0.25) is 0 Å². The molecule has 0 aromatic carbocycles. The molecule has 8 N–H and O–H groups in total. The summed E-state index contributed by atoms with van der Waals surface area (Å²) in [7, 11) is 0. The number of amidine groups is 2. The molecule has 0 saturated heterocycles. The summed E-state index contributed by atoms with van der Waals surface area (Å²) in [6.45, 7) is 4.38. The minimum absolute atomic E-state index is 0. The summed E-state index contributed by atoms with van der Waals surface area (Å²) < 4.78 is 0. The number of hydrazone groups is 2. The number of nitrogens with one attached hydrogen (secondary N) is 2. The van der Waals surface area contributed by atoms with Crippen molar-refractivity contribution in [3.05, 3.63) is 119 Å². The lowest BCUT2D eigenvalue weighted by Crippen LogP contribution is -2.35. The molecule has 4 aromatic rings. The van der Waals surface area contributed by atoms with Crippen molar-refractivity contribution >= 4 is 11.7 Å². The fourth-order valence-corrected chi connectivity index (χ4v) is 4.15. The highest BCUT2D eigenvalue weighted by molar-refractivity contribution is 6.04. The molecule has 47 heavy (non-hydrogen) atoms. The van der Waals surface area contributed by atoms with Crippen molar-refractivity contribution in [2.75, 3.05) is 0 Å². The molecule has 1 aliphatic heterocycles. The van der Waals surface area contributed by atoms with Gasteiger partial charge in [-0.3, -0.25) is 32.5 Å². The molecule has 0 fully saturated rings. The van der Waals surface area contributed by atoms with E-state index in [0.717, 1.165) is 42.6 Å². The van der Waals surface area contributed by atoms with Crippen LogP contribution < -0.4 is 22.5 Å². The third-order valence-electron chi connectivity index (χ3n) is 6.45. The minimum Gasteiger partial charge on any atom is -0.412 e. The van der Waals surface area contributed by atoms with Crippen LogP contribution in [0.4, 0.5) is 0 Å². The van der Waals surface area contributed by atoms with Gasteiger partial charge < -0.3 is 5.48 Å². The topological polar surface area (TPSA) is 231 Å². The van der Waals surface area contributed by atoms with E-state index in [1.54, 1.807) is 43.0 Å². The van der Waals surface area contributed by atoms with Gasteiger partial charge in [0.15, 0.2) is 11.7 Å². The molecule has 246 valence electrons. The normalized spacial score (nSPS) is 10.8. The third-order valence-corrected chi connectivity index (χ3v) is 6.45. The van der Waals surface area contributed by atoms with Gasteiger partial charge in [-0.05, 0) is 73.2 Å². The van der Waals surface area contributed by atoms with Gasteiger partial charge in [0.05, 0.1) is 0 Å². The SMILES string of the molecule is CCCCCc1cccnc1C#N.CCCCCc1cccnc1C1=NNC(c2ccccn2)=NN1.N#Cc1ccccn1.NN.O. The van der Waals surface area contributed by atoms with Crippen LogP contribution in [0, 0.1) is 22.7 Å². The number of nitrogens with two attached hydrogens (primary N) is 2. The second kappa shape index (κ2) is 24.7. The fourth-order valence-electron chi connectivity index (χ4n) is 4.15. The number of rotatable bonds is 10. The van der Waals surface area contributed by atoms with Crippen LogP contribution in [-0.4, -0.2) is 37.1 Å². The van der Waals surface area contributed by atoms with E-state index in [0.29, 0.717) is 23.1 Å². The van der Waals surface area contributed by atoms with E-state index in [1.807, 2.05) is 42.5 Å². The summed E-state index contributed by atoms with van der Waals surface area (Å²) in [5.74, 6) is 9.23. The van der Waals surface area contributed by atoms with Crippen molar-refractivity contribution < 1.29 is 5.48 Å². The lowest BCUT2D eigenvalue weighted by Gasteiger charge is -2.16. The van der Waals surface area contributed by atoms with Gasteiger partial charge in [-0.25, -0.2) is 9.97 Å². The summed E-state index contributed by atoms with van der Waals surface area (Å²) in [6.07, 6.45) is 15.9. The second-order valence-electron chi connectivity index (χ2n) is 9.73.